The van der Waals surface area contributed by atoms with E-state index in [2.05, 4.69) is 30.9 Å². The zero-order valence-corrected chi connectivity index (χ0v) is 18.3. The summed E-state index contributed by atoms with van der Waals surface area (Å²) < 4.78 is 37.9. The number of guanidine groups is 1. The van der Waals surface area contributed by atoms with Gasteiger partial charge in [0, 0.05) is 31.4 Å². The largest absolute Gasteiger partial charge is 0.433 e. The predicted molar refractivity (Wildman–Crippen MR) is 115 cm³/mol. The number of halogens is 5. The number of alkyl halides is 3. The minimum atomic E-state index is -4.50. The molecular weight excluding hydrogens is 508 g/mol. The first-order valence-corrected chi connectivity index (χ1v) is 8.54. The maximum Gasteiger partial charge on any atom is 0.433 e. The number of nitrogens with one attached hydrogen (secondary N) is 3. The van der Waals surface area contributed by atoms with Crippen molar-refractivity contribution >= 4 is 47.5 Å². The van der Waals surface area contributed by atoms with Crippen LogP contribution in [0.5, 0.6) is 0 Å². The highest BCUT2D eigenvalue weighted by Crippen LogP contribution is 2.27. The fraction of sp³-hybridized carbons (Fsp3) is 0.353. The molecule has 2 rings (SSSR count). The first-order chi connectivity index (χ1) is 12.8. The minimum Gasteiger partial charge on any atom is -0.355 e. The zero-order chi connectivity index (χ0) is 19.9. The van der Waals surface area contributed by atoms with Crippen molar-refractivity contribution in [2.24, 2.45) is 4.99 Å². The molecule has 11 heteroatoms. The molecule has 0 saturated heterocycles. The number of aliphatic imine (C=N–C) groups is 1. The second-order valence-corrected chi connectivity index (χ2v) is 6.05. The van der Waals surface area contributed by atoms with Crippen molar-refractivity contribution in [2.45, 2.75) is 19.1 Å². The summed E-state index contributed by atoms with van der Waals surface area (Å²) in [6.07, 6.45) is -3.43. The van der Waals surface area contributed by atoms with Gasteiger partial charge < -0.3 is 16.0 Å². The lowest BCUT2D eigenvalue weighted by Gasteiger charge is -2.18. The van der Waals surface area contributed by atoms with Gasteiger partial charge in [-0.15, -0.1) is 24.0 Å². The summed E-state index contributed by atoms with van der Waals surface area (Å²) in [5, 5.41) is 9.67. The van der Waals surface area contributed by atoms with Crippen LogP contribution in [0.25, 0.3) is 0 Å². The average molecular weight is 529 g/mol. The van der Waals surface area contributed by atoms with E-state index in [1.165, 1.54) is 0 Å². The van der Waals surface area contributed by atoms with Crippen LogP contribution in [0.3, 0.4) is 0 Å². The molecule has 28 heavy (non-hydrogen) atoms. The van der Waals surface area contributed by atoms with Gasteiger partial charge in [0.2, 0.25) is 5.95 Å². The zero-order valence-electron chi connectivity index (χ0n) is 15.2. The van der Waals surface area contributed by atoms with Crippen molar-refractivity contribution in [2.75, 3.05) is 25.5 Å². The second-order valence-electron chi connectivity index (χ2n) is 5.61. The molecule has 0 saturated carbocycles. The van der Waals surface area contributed by atoms with Crippen LogP contribution in [0, 0.1) is 0 Å². The van der Waals surface area contributed by atoms with Gasteiger partial charge in [0.05, 0.1) is 6.04 Å². The lowest BCUT2D eigenvalue weighted by Crippen LogP contribution is -2.40. The molecule has 1 heterocycles. The van der Waals surface area contributed by atoms with Gasteiger partial charge in [-0.25, -0.2) is 9.97 Å². The van der Waals surface area contributed by atoms with E-state index in [-0.39, 0.29) is 36.0 Å². The fourth-order valence-electron chi connectivity index (χ4n) is 2.22. The number of nitrogens with zero attached hydrogens (tertiary/aromatic N) is 3. The fourth-order valence-corrected chi connectivity index (χ4v) is 2.41. The van der Waals surface area contributed by atoms with Crippen LogP contribution < -0.4 is 16.0 Å². The third-order valence-corrected chi connectivity index (χ3v) is 3.81. The minimum absolute atomic E-state index is 0. The van der Waals surface area contributed by atoms with Gasteiger partial charge in [0.25, 0.3) is 0 Å². The Morgan fingerprint density at radius 2 is 2.00 bits per heavy atom. The van der Waals surface area contributed by atoms with Gasteiger partial charge in [0.15, 0.2) is 5.96 Å². The average Bonchev–Trinajstić information content (AvgIpc) is 2.63. The highest BCUT2D eigenvalue weighted by atomic mass is 127. The Labute approximate surface area is 183 Å². The molecule has 0 aliphatic heterocycles. The molecule has 0 fully saturated rings. The number of aromatic nitrogens is 2. The van der Waals surface area contributed by atoms with E-state index in [1.807, 2.05) is 25.1 Å². The molecule has 1 unspecified atom stereocenters. The van der Waals surface area contributed by atoms with Crippen LogP contribution >= 0.6 is 35.6 Å². The quantitative estimate of drug-likeness (QED) is 0.228. The lowest BCUT2D eigenvalue weighted by molar-refractivity contribution is -0.141. The summed E-state index contributed by atoms with van der Waals surface area (Å²) in [4.78, 5) is 11.3. The van der Waals surface area contributed by atoms with E-state index >= 15 is 0 Å². The number of anilines is 1. The third kappa shape index (κ3) is 7.66. The van der Waals surface area contributed by atoms with E-state index in [1.54, 1.807) is 13.1 Å². The first-order valence-electron chi connectivity index (χ1n) is 8.16. The third-order valence-electron chi connectivity index (χ3n) is 3.57. The van der Waals surface area contributed by atoms with Crippen LogP contribution in [0.15, 0.2) is 41.5 Å². The van der Waals surface area contributed by atoms with Gasteiger partial charge in [-0.1, -0.05) is 23.7 Å². The smallest absolute Gasteiger partial charge is 0.355 e. The SMILES string of the molecule is CN=C(NCCNc1nccc(C(F)(F)F)n1)NC(C)c1cccc(Cl)c1.I. The Morgan fingerprint density at radius 3 is 2.64 bits per heavy atom. The van der Waals surface area contributed by atoms with Gasteiger partial charge in [-0.05, 0) is 30.7 Å². The summed E-state index contributed by atoms with van der Waals surface area (Å²) in [6, 6.07) is 8.27. The standard InChI is InChI=1S/C17H20ClF3N6.HI/c1-11(12-4-3-5-13(18)10-12)26-15(22-2)24-8-9-25-16-23-7-6-14(27-16)17(19,20)21;/h3-7,10-11H,8-9H2,1-2H3,(H2,22,24,26)(H,23,25,27);1H. The Morgan fingerprint density at radius 1 is 1.25 bits per heavy atom. The normalized spacial score (nSPS) is 12.7. The summed E-state index contributed by atoms with van der Waals surface area (Å²) in [5.74, 6) is 0.469. The molecule has 0 amide bonds. The summed E-state index contributed by atoms with van der Waals surface area (Å²) in [7, 11) is 1.63. The highest BCUT2D eigenvalue weighted by Gasteiger charge is 2.32. The van der Waals surface area contributed by atoms with E-state index in [9.17, 15) is 13.2 Å². The molecule has 154 valence electrons. The van der Waals surface area contributed by atoms with Crippen molar-refractivity contribution in [1.82, 2.24) is 20.6 Å². The molecule has 0 aliphatic carbocycles. The molecule has 1 aromatic heterocycles. The molecule has 6 nitrogen and oxygen atoms in total. The molecule has 0 bridgehead atoms. The first kappa shape index (κ1) is 24.2. The Bertz CT molecular complexity index is 787. The van der Waals surface area contributed by atoms with Crippen LogP contribution in [0.2, 0.25) is 5.02 Å². The Kier molecular flexibility index (Phi) is 9.73. The molecule has 1 aromatic carbocycles. The molecule has 0 radical (unpaired) electrons. The Balaban J connectivity index is 0.00000392. The second kappa shape index (κ2) is 11.2. The van der Waals surface area contributed by atoms with Gasteiger partial charge >= 0.3 is 6.18 Å². The predicted octanol–water partition coefficient (Wildman–Crippen LogP) is 4.10. The van der Waals surface area contributed by atoms with E-state index in [0.717, 1.165) is 17.8 Å². The lowest BCUT2D eigenvalue weighted by atomic mass is 10.1. The van der Waals surface area contributed by atoms with E-state index in [0.29, 0.717) is 24.1 Å². The van der Waals surface area contributed by atoms with E-state index < -0.39 is 11.9 Å². The van der Waals surface area contributed by atoms with Gasteiger partial charge in [0.1, 0.15) is 5.69 Å². The van der Waals surface area contributed by atoms with Gasteiger partial charge in [-0.2, -0.15) is 13.2 Å². The molecule has 1 atom stereocenters. The maximum absolute atomic E-state index is 12.6. The van der Waals surface area contributed by atoms with Crippen molar-refractivity contribution in [3.05, 3.63) is 52.8 Å². The molecule has 2 aromatic rings. The number of benzene rings is 1. The van der Waals surface area contributed by atoms with Crippen molar-refractivity contribution < 1.29 is 13.2 Å². The molecule has 0 aliphatic rings. The van der Waals surface area contributed by atoms with Crippen LogP contribution in [-0.4, -0.2) is 36.1 Å². The summed E-state index contributed by atoms with van der Waals surface area (Å²) in [5.41, 5.74) is 0.0155. The summed E-state index contributed by atoms with van der Waals surface area (Å²) >= 11 is 6.00. The maximum atomic E-state index is 12.6. The number of hydrogen-bond donors (Lipinski definition) is 3. The van der Waals surface area contributed by atoms with Gasteiger partial charge in [-0.3, -0.25) is 4.99 Å². The van der Waals surface area contributed by atoms with Crippen molar-refractivity contribution in [3.63, 3.8) is 0 Å². The van der Waals surface area contributed by atoms with Crippen LogP contribution in [0.1, 0.15) is 24.2 Å². The Hall–Kier alpha value is -1.82. The van der Waals surface area contributed by atoms with Crippen molar-refractivity contribution in [1.29, 1.82) is 0 Å². The molecular formula is C17H21ClF3IN6. The van der Waals surface area contributed by atoms with Crippen LogP contribution in [0.4, 0.5) is 19.1 Å². The number of hydrogen-bond acceptors (Lipinski definition) is 4. The van der Waals surface area contributed by atoms with E-state index in [4.69, 9.17) is 11.6 Å². The topological polar surface area (TPSA) is 74.2 Å². The highest BCUT2D eigenvalue weighted by molar-refractivity contribution is 14.0. The van der Waals surface area contributed by atoms with Crippen LogP contribution in [-0.2, 0) is 6.18 Å². The number of rotatable bonds is 6. The molecule has 0 spiro atoms. The molecule has 3 N–H and O–H groups in total. The van der Waals surface area contributed by atoms with Crippen molar-refractivity contribution in [3.8, 4) is 0 Å². The summed E-state index contributed by atoms with van der Waals surface area (Å²) in [6.45, 7) is 2.68. The monoisotopic (exact) mass is 528 g/mol.